The highest BCUT2D eigenvalue weighted by Gasteiger charge is 2.05. The highest BCUT2D eigenvalue weighted by atomic mass is 19.1. The first kappa shape index (κ1) is 12.3. The van der Waals surface area contributed by atoms with Crippen molar-refractivity contribution in [1.29, 1.82) is 0 Å². The Hall–Kier alpha value is -2.17. The average molecular weight is 246 g/mol. The summed E-state index contributed by atoms with van der Waals surface area (Å²) in [5.74, 6) is 1.58. The average Bonchev–Trinajstić information content (AvgIpc) is 2.33. The van der Waals surface area contributed by atoms with Crippen LogP contribution in [0.15, 0.2) is 24.3 Å². The first-order valence-corrected chi connectivity index (χ1v) is 5.65. The van der Waals surface area contributed by atoms with Gasteiger partial charge >= 0.3 is 0 Å². The van der Waals surface area contributed by atoms with Gasteiger partial charge in [-0.3, -0.25) is 0 Å². The second kappa shape index (κ2) is 5.00. The first-order valence-electron chi connectivity index (χ1n) is 5.65. The molecular formula is C13H15FN4. The van der Waals surface area contributed by atoms with E-state index in [9.17, 15) is 4.39 Å². The number of benzene rings is 1. The van der Waals surface area contributed by atoms with E-state index in [1.54, 1.807) is 32.2 Å². The third-order valence-electron chi connectivity index (χ3n) is 2.48. The molecule has 5 heteroatoms. The fourth-order valence-corrected chi connectivity index (χ4v) is 1.63. The van der Waals surface area contributed by atoms with Crippen molar-refractivity contribution in [2.75, 3.05) is 17.7 Å². The normalized spacial score (nSPS) is 10.2. The van der Waals surface area contributed by atoms with Crippen molar-refractivity contribution in [3.05, 3.63) is 41.5 Å². The summed E-state index contributed by atoms with van der Waals surface area (Å²) in [4.78, 5) is 8.40. The van der Waals surface area contributed by atoms with Crippen LogP contribution in [0.1, 0.15) is 11.4 Å². The van der Waals surface area contributed by atoms with E-state index in [1.165, 1.54) is 6.07 Å². The third-order valence-corrected chi connectivity index (χ3v) is 2.48. The number of rotatable bonds is 3. The molecule has 0 unspecified atom stereocenters. The molecule has 0 saturated carbocycles. The molecular weight excluding hydrogens is 231 g/mol. The Kier molecular flexibility index (Phi) is 3.41. The molecule has 4 nitrogen and oxygen atoms in total. The molecule has 0 spiro atoms. The minimum absolute atomic E-state index is 0.303. The number of halogens is 1. The maximum atomic E-state index is 13.6. The highest BCUT2D eigenvalue weighted by molar-refractivity contribution is 5.60. The Bertz CT molecular complexity index is 569. The molecule has 0 saturated heterocycles. The molecule has 2 rings (SSSR count). The van der Waals surface area contributed by atoms with Gasteiger partial charge in [0.25, 0.3) is 0 Å². The van der Waals surface area contributed by atoms with Crippen molar-refractivity contribution >= 4 is 17.3 Å². The summed E-state index contributed by atoms with van der Waals surface area (Å²) in [5, 5.41) is 5.90. The van der Waals surface area contributed by atoms with E-state index >= 15 is 0 Å². The van der Waals surface area contributed by atoms with E-state index in [1.807, 2.05) is 6.92 Å². The highest BCUT2D eigenvalue weighted by Crippen LogP contribution is 2.21. The van der Waals surface area contributed by atoms with Crippen LogP contribution in [0.2, 0.25) is 0 Å². The number of nitrogens with zero attached hydrogens (tertiary/aromatic N) is 2. The number of hydrogen-bond donors (Lipinski definition) is 2. The predicted molar refractivity (Wildman–Crippen MR) is 70.7 cm³/mol. The van der Waals surface area contributed by atoms with Gasteiger partial charge in [0.05, 0.1) is 5.69 Å². The quantitative estimate of drug-likeness (QED) is 0.874. The van der Waals surface area contributed by atoms with Crippen molar-refractivity contribution in [1.82, 2.24) is 9.97 Å². The zero-order valence-corrected chi connectivity index (χ0v) is 10.6. The van der Waals surface area contributed by atoms with E-state index in [0.717, 1.165) is 5.56 Å². The summed E-state index contributed by atoms with van der Waals surface area (Å²) in [6.45, 7) is 3.70. The van der Waals surface area contributed by atoms with Crippen LogP contribution in [-0.4, -0.2) is 17.0 Å². The summed E-state index contributed by atoms with van der Waals surface area (Å²) in [7, 11) is 1.78. The van der Waals surface area contributed by atoms with Gasteiger partial charge in [0, 0.05) is 13.1 Å². The van der Waals surface area contributed by atoms with Gasteiger partial charge in [0.1, 0.15) is 23.3 Å². The maximum Gasteiger partial charge on any atom is 0.146 e. The molecule has 0 radical (unpaired) electrons. The summed E-state index contributed by atoms with van der Waals surface area (Å²) in [6, 6.07) is 6.63. The first-order chi connectivity index (χ1) is 8.58. The number of aromatic nitrogens is 2. The van der Waals surface area contributed by atoms with Gasteiger partial charge in [-0.05, 0) is 31.5 Å². The molecule has 1 aromatic heterocycles. The van der Waals surface area contributed by atoms with Crippen molar-refractivity contribution in [3.63, 3.8) is 0 Å². The topological polar surface area (TPSA) is 49.8 Å². The molecule has 0 aliphatic carbocycles. The van der Waals surface area contributed by atoms with E-state index in [-0.39, 0.29) is 5.82 Å². The smallest absolute Gasteiger partial charge is 0.146 e. The zero-order valence-electron chi connectivity index (χ0n) is 10.6. The van der Waals surface area contributed by atoms with Gasteiger partial charge < -0.3 is 10.6 Å². The van der Waals surface area contributed by atoms with Gasteiger partial charge in [0.2, 0.25) is 0 Å². The van der Waals surface area contributed by atoms with Crippen LogP contribution in [0.4, 0.5) is 21.7 Å². The van der Waals surface area contributed by atoms with Crippen LogP contribution < -0.4 is 10.6 Å². The van der Waals surface area contributed by atoms with E-state index < -0.39 is 0 Å². The second-order valence-electron chi connectivity index (χ2n) is 4.04. The number of hydrogen-bond acceptors (Lipinski definition) is 4. The molecule has 0 atom stereocenters. The Morgan fingerprint density at radius 3 is 2.50 bits per heavy atom. The Balaban J connectivity index is 2.33. The van der Waals surface area contributed by atoms with Crippen LogP contribution in [0.3, 0.4) is 0 Å². The van der Waals surface area contributed by atoms with Crippen LogP contribution in [0.25, 0.3) is 0 Å². The summed E-state index contributed by atoms with van der Waals surface area (Å²) in [5.41, 5.74) is 1.40. The third kappa shape index (κ3) is 2.74. The summed E-state index contributed by atoms with van der Waals surface area (Å²) < 4.78 is 13.6. The molecule has 0 aliphatic heterocycles. The number of anilines is 3. The molecule has 2 N–H and O–H groups in total. The fraction of sp³-hybridized carbons (Fsp3) is 0.231. The zero-order chi connectivity index (χ0) is 13.1. The van der Waals surface area contributed by atoms with E-state index in [2.05, 4.69) is 20.6 Å². The van der Waals surface area contributed by atoms with Crippen LogP contribution in [0, 0.1) is 19.7 Å². The van der Waals surface area contributed by atoms with Crippen LogP contribution in [-0.2, 0) is 0 Å². The van der Waals surface area contributed by atoms with Gasteiger partial charge in [-0.15, -0.1) is 0 Å². The maximum absolute atomic E-state index is 13.6. The molecule has 0 bridgehead atoms. The lowest BCUT2D eigenvalue weighted by Gasteiger charge is -2.09. The molecule has 1 aromatic carbocycles. The van der Waals surface area contributed by atoms with Gasteiger partial charge in [-0.25, -0.2) is 14.4 Å². The molecule has 0 fully saturated rings. The number of aryl methyl sites for hydroxylation is 2. The van der Waals surface area contributed by atoms with Gasteiger partial charge in [-0.1, -0.05) is 6.07 Å². The van der Waals surface area contributed by atoms with Crippen molar-refractivity contribution in [2.24, 2.45) is 0 Å². The standard InChI is InChI=1S/C13H15FN4/c1-8-4-5-10(14)11(6-8)18-13-7-12(15-3)16-9(2)17-13/h4-7H,1-3H3,(H2,15,16,17,18). The van der Waals surface area contributed by atoms with E-state index in [0.29, 0.717) is 23.1 Å². The molecule has 0 aliphatic rings. The van der Waals surface area contributed by atoms with Gasteiger partial charge in [0.15, 0.2) is 0 Å². The van der Waals surface area contributed by atoms with Crippen molar-refractivity contribution in [3.8, 4) is 0 Å². The monoisotopic (exact) mass is 246 g/mol. The Morgan fingerprint density at radius 2 is 1.78 bits per heavy atom. The summed E-state index contributed by atoms with van der Waals surface area (Å²) >= 11 is 0. The molecule has 18 heavy (non-hydrogen) atoms. The second-order valence-corrected chi connectivity index (χ2v) is 4.04. The predicted octanol–water partition coefficient (Wildman–Crippen LogP) is 3.02. The molecule has 0 amide bonds. The molecule has 94 valence electrons. The lowest BCUT2D eigenvalue weighted by molar-refractivity contribution is 0.631. The lowest BCUT2D eigenvalue weighted by Crippen LogP contribution is -2.02. The largest absolute Gasteiger partial charge is 0.373 e. The van der Waals surface area contributed by atoms with Crippen LogP contribution >= 0.6 is 0 Å². The number of nitrogens with one attached hydrogen (secondary N) is 2. The van der Waals surface area contributed by atoms with Crippen molar-refractivity contribution in [2.45, 2.75) is 13.8 Å². The minimum atomic E-state index is -0.303. The SMILES string of the molecule is CNc1cc(Nc2cc(C)ccc2F)nc(C)n1. The Morgan fingerprint density at radius 1 is 1.06 bits per heavy atom. The Labute approximate surface area is 105 Å². The lowest BCUT2D eigenvalue weighted by atomic mass is 10.2. The van der Waals surface area contributed by atoms with Crippen molar-refractivity contribution < 1.29 is 4.39 Å². The van der Waals surface area contributed by atoms with Gasteiger partial charge in [-0.2, -0.15) is 0 Å². The molecule has 2 aromatic rings. The molecule has 1 heterocycles. The summed E-state index contributed by atoms with van der Waals surface area (Å²) in [6.07, 6.45) is 0. The fourth-order valence-electron chi connectivity index (χ4n) is 1.63. The van der Waals surface area contributed by atoms with E-state index in [4.69, 9.17) is 0 Å². The van der Waals surface area contributed by atoms with Crippen LogP contribution in [0.5, 0.6) is 0 Å². The minimum Gasteiger partial charge on any atom is -0.373 e.